The average molecular weight is 191 g/mol. The van der Waals surface area contributed by atoms with E-state index in [1.165, 1.54) is 5.56 Å². The average Bonchev–Trinajstić information content (AvgIpc) is 2.16. The molecule has 1 rings (SSSR count). The molecular formula is C12H17NO. The molecule has 2 N–H and O–H groups in total. The molecule has 0 amide bonds. The van der Waals surface area contributed by atoms with Gasteiger partial charge in [0.15, 0.2) is 0 Å². The third-order valence-electron chi connectivity index (χ3n) is 2.24. The van der Waals surface area contributed by atoms with Gasteiger partial charge in [0.05, 0.1) is 7.11 Å². The highest BCUT2D eigenvalue weighted by molar-refractivity contribution is 5.67. The van der Waals surface area contributed by atoms with Crippen molar-refractivity contribution in [1.29, 1.82) is 0 Å². The van der Waals surface area contributed by atoms with Crippen LogP contribution in [0.1, 0.15) is 30.9 Å². The molecule has 0 aliphatic rings. The highest BCUT2D eigenvalue weighted by Gasteiger charge is 2.07. The van der Waals surface area contributed by atoms with E-state index in [4.69, 9.17) is 10.5 Å². The van der Waals surface area contributed by atoms with Crippen molar-refractivity contribution in [3.05, 3.63) is 35.9 Å². The molecule has 2 nitrogen and oxygen atoms in total. The van der Waals surface area contributed by atoms with Gasteiger partial charge in [-0.25, -0.2) is 0 Å². The normalized spacial score (nSPS) is 10.3. The van der Waals surface area contributed by atoms with Gasteiger partial charge < -0.3 is 10.5 Å². The summed E-state index contributed by atoms with van der Waals surface area (Å²) in [7, 11) is 1.64. The number of nitrogens with two attached hydrogens (primary N) is 1. The summed E-state index contributed by atoms with van der Waals surface area (Å²) in [5.41, 5.74) is 8.36. The molecule has 0 unspecified atom stereocenters. The lowest BCUT2D eigenvalue weighted by Crippen LogP contribution is -2.00. The molecule has 76 valence electrons. The van der Waals surface area contributed by atoms with Crippen molar-refractivity contribution in [1.82, 2.24) is 0 Å². The van der Waals surface area contributed by atoms with Gasteiger partial charge in [-0.15, -0.1) is 0 Å². The summed E-state index contributed by atoms with van der Waals surface area (Å²) in [6, 6.07) is 6.02. The van der Waals surface area contributed by atoms with Crippen LogP contribution in [0.5, 0.6) is 5.75 Å². The van der Waals surface area contributed by atoms with E-state index in [0.717, 1.165) is 11.3 Å². The molecule has 0 bridgehead atoms. The Bertz CT molecular complexity index is 342. The lowest BCUT2D eigenvalue weighted by molar-refractivity contribution is 0.413. The summed E-state index contributed by atoms with van der Waals surface area (Å²) in [6.45, 7) is 8.02. The zero-order chi connectivity index (χ0) is 10.7. The summed E-state index contributed by atoms with van der Waals surface area (Å²) < 4.78 is 5.20. The monoisotopic (exact) mass is 191 g/mol. The third-order valence-corrected chi connectivity index (χ3v) is 2.24. The van der Waals surface area contributed by atoms with Gasteiger partial charge in [0.2, 0.25) is 0 Å². The Kier molecular flexibility index (Phi) is 3.18. The summed E-state index contributed by atoms with van der Waals surface area (Å²) >= 11 is 0. The Morgan fingerprint density at radius 2 is 2.07 bits per heavy atom. The van der Waals surface area contributed by atoms with Crippen LogP contribution in [0.3, 0.4) is 0 Å². The van der Waals surface area contributed by atoms with Crippen LogP contribution in [0.2, 0.25) is 0 Å². The van der Waals surface area contributed by atoms with Gasteiger partial charge in [-0.05, 0) is 23.6 Å². The quantitative estimate of drug-likeness (QED) is 0.797. The molecule has 2 heteroatoms. The van der Waals surface area contributed by atoms with Crippen molar-refractivity contribution in [3.8, 4) is 5.75 Å². The van der Waals surface area contributed by atoms with Crippen LogP contribution in [0.4, 0.5) is 0 Å². The Labute approximate surface area is 85.4 Å². The second kappa shape index (κ2) is 4.18. The van der Waals surface area contributed by atoms with Crippen molar-refractivity contribution in [2.45, 2.75) is 19.8 Å². The largest absolute Gasteiger partial charge is 0.496 e. The van der Waals surface area contributed by atoms with Gasteiger partial charge in [0, 0.05) is 11.3 Å². The van der Waals surface area contributed by atoms with Crippen LogP contribution in [0.15, 0.2) is 24.8 Å². The van der Waals surface area contributed by atoms with E-state index in [-0.39, 0.29) is 0 Å². The fourth-order valence-corrected chi connectivity index (χ4v) is 1.34. The molecule has 1 aromatic carbocycles. The van der Waals surface area contributed by atoms with E-state index in [1.807, 2.05) is 12.1 Å². The molecule has 0 fully saturated rings. The van der Waals surface area contributed by atoms with E-state index < -0.39 is 0 Å². The van der Waals surface area contributed by atoms with Gasteiger partial charge in [-0.1, -0.05) is 26.5 Å². The van der Waals surface area contributed by atoms with Gasteiger partial charge in [-0.3, -0.25) is 0 Å². The Hall–Kier alpha value is -1.44. The van der Waals surface area contributed by atoms with E-state index in [0.29, 0.717) is 11.6 Å². The van der Waals surface area contributed by atoms with E-state index in [2.05, 4.69) is 26.5 Å². The summed E-state index contributed by atoms with van der Waals surface area (Å²) in [4.78, 5) is 0. The zero-order valence-electron chi connectivity index (χ0n) is 9.00. The first-order valence-corrected chi connectivity index (χ1v) is 4.69. The standard InChI is InChI=1S/C12H17NO/c1-8(2)10-5-6-12(14-4)11(7-10)9(3)13/h5-8H,3,13H2,1-2,4H3. The van der Waals surface area contributed by atoms with Crippen molar-refractivity contribution in [3.63, 3.8) is 0 Å². The SMILES string of the molecule is C=C(N)c1cc(C(C)C)ccc1OC. The maximum absolute atomic E-state index is 5.68. The van der Waals surface area contributed by atoms with Crippen LogP contribution in [0, 0.1) is 0 Å². The number of benzene rings is 1. The maximum atomic E-state index is 5.68. The van der Waals surface area contributed by atoms with Crippen molar-refractivity contribution in [2.24, 2.45) is 5.73 Å². The summed E-state index contributed by atoms with van der Waals surface area (Å²) in [5.74, 6) is 1.26. The molecule has 1 aromatic rings. The minimum Gasteiger partial charge on any atom is -0.496 e. The summed E-state index contributed by atoms with van der Waals surface area (Å²) in [5, 5.41) is 0. The Morgan fingerprint density at radius 3 is 2.50 bits per heavy atom. The predicted octanol–water partition coefficient (Wildman–Crippen LogP) is 2.75. The summed E-state index contributed by atoms with van der Waals surface area (Å²) in [6.07, 6.45) is 0. The smallest absolute Gasteiger partial charge is 0.128 e. The molecular weight excluding hydrogens is 174 g/mol. The highest BCUT2D eigenvalue weighted by atomic mass is 16.5. The molecule has 0 aromatic heterocycles. The predicted molar refractivity (Wildman–Crippen MR) is 60.3 cm³/mol. The molecule has 0 saturated heterocycles. The lowest BCUT2D eigenvalue weighted by Gasteiger charge is -2.12. The third kappa shape index (κ3) is 2.08. The topological polar surface area (TPSA) is 35.2 Å². The van der Waals surface area contributed by atoms with Crippen LogP contribution in [0.25, 0.3) is 5.70 Å². The van der Waals surface area contributed by atoms with Gasteiger partial charge in [0.25, 0.3) is 0 Å². The molecule has 0 heterocycles. The molecule has 0 aliphatic carbocycles. The maximum Gasteiger partial charge on any atom is 0.128 e. The van der Waals surface area contributed by atoms with Crippen LogP contribution in [-0.2, 0) is 0 Å². The molecule has 0 aliphatic heterocycles. The molecule has 14 heavy (non-hydrogen) atoms. The van der Waals surface area contributed by atoms with Crippen LogP contribution >= 0.6 is 0 Å². The lowest BCUT2D eigenvalue weighted by atomic mass is 9.99. The number of rotatable bonds is 3. The van der Waals surface area contributed by atoms with Crippen molar-refractivity contribution in [2.75, 3.05) is 7.11 Å². The highest BCUT2D eigenvalue weighted by Crippen LogP contribution is 2.26. The van der Waals surface area contributed by atoms with Crippen molar-refractivity contribution >= 4 is 5.70 Å². The minimum absolute atomic E-state index is 0.485. The number of hydrogen-bond donors (Lipinski definition) is 1. The zero-order valence-corrected chi connectivity index (χ0v) is 9.00. The fourth-order valence-electron chi connectivity index (χ4n) is 1.34. The van der Waals surface area contributed by atoms with Crippen LogP contribution in [-0.4, -0.2) is 7.11 Å². The van der Waals surface area contributed by atoms with Gasteiger partial charge in [-0.2, -0.15) is 0 Å². The number of ether oxygens (including phenoxy) is 1. The first kappa shape index (κ1) is 10.6. The number of methoxy groups -OCH3 is 1. The molecule has 0 spiro atoms. The minimum atomic E-state index is 0.485. The first-order chi connectivity index (χ1) is 6.56. The second-order valence-electron chi connectivity index (χ2n) is 3.64. The van der Waals surface area contributed by atoms with Crippen molar-refractivity contribution < 1.29 is 4.74 Å². The van der Waals surface area contributed by atoms with Gasteiger partial charge in [0.1, 0.15) is 5.75 Å². The number of hydrogen-bond acceptors (Lipinski definition) is 2. The van der Waals surface area contributed by atoms with Gasteiger partial charge >= 0.3 is 0 Å². The molecule has 0 atom stereocenters. The second-order valence-corrected chi connectivity index (χ2v) is 3.64. The van der Waals surface area contributed by atoms with E-state index in [1.54, 1.807) is 7.11 Å². The molecule has 0 saturated carbocycles. The van der Waals surface area contributed by atoms with E-state index >= 15 is 0 Å². The van der Waals surface area contributed by atoms with E-state index in [9.17, 15) is 0 Å². The fraction of sp³-hybridized carbons (Fsp3) is 0.333. The first-order valence-electron chi connectivity index (χ1n) is 4.69. The van der Waals surface area contributed by atoms with Crippen LogP contribution < -0.4 is 10.5 Å². The Balaban J connectivity index is 3.21. The molecule has 0 radical (unpaired) electrons. The Morgan fingerprint density at radius 1 is 1.43 bits per heavy atom.